The number of hydrogen-bond acceptors (Lipinski definition) is 2. The molecule has 1 atom stereocenters. The Kier molecular flexibility index (Phi) is 5.96. The molecule has 1 heterocycles. The molecule has 0 amide bonds. The van der Waals surface area contributed by atoms with Crippen LogP contribution in [-0.2, 0) is 4.74 Å². The van der Waals surface area contributed by atoms with Crippen LogP contribution in [0.1, 0.15) is 58.3 Å². The molecule has 1 saturated carbocycles. The van der Waals surface area contributed by atoms with Gasteiger partial charge in [0.15, 0.2) is 0 Å². The first-order valence-corrected chi connectivity index (χ1v) is 8.86. The fourth-order valence-electron chi connectivity index (χ4n) is 3.61. The summed E-state index contributed by atoms with van der Waals surface area (Å²) >= 11 is 3.56. The Morgan fingerprint density at radius 1 is 1.17 bits per heavy atom. The van der Waals surface area contributed by atoms with Gasteiger partial charge in [-0.05, 0) is 38.6 Å². The summed E-state index contributed by atoms with van der Waals surface area (Å²) in [5, 5.41) is 1.07. The Morgan fingerprint density at radius 3 is 2.61 bits per heavy atom. The highest BCUT2D eigenvalue weighted by Crippen LogP contribution is 2.41. The van der Waals surface area contributed by atoms with E-state index in [1.165, 1.54) is 57.9 Å². The molecule has 3 heteroatoms. The summed E-state index contributed by atoms with van der Waals surface area (Å²) in [7, 11) is 0. The molecule has 0 aromatic heterocycles. The summed E-state index contributed by atoms with van der Waals surface area (Å²) in [4.78, 5) is 2.56. The van der Waals surface area contributed by atoms with Gasteiger partial charge in [0.05, 0.1) is 11.7 Å². The van der Waals surface area contributed by atoms with Gasteiger partial charge in [-0.3, -0.25) is 4.90 Å². The molecule has 0 aromatic carbocycles. The molecule has 2 fully saturated rings. The Hall–Kier alpha value is 0.400. The lowest BCUT2D eigenvalue weighted by Crippen LogP contribution is -2.37. The molecule has 0 bridgehead atoms. The summed E-state index contributed by atoms with van der Waals surface area (Å²) in [6.45, 7) is 5.76. The summed E-state index contributed by atoms with van der Waals surface area (Å²) in [6.07, 6.45) is 11.1. The minimum atomic E-state index is 0.287. The molecule has 0 N–H and O–H groups in total. The minimum Gasteiger partial charge on any atom is -0.370 e. The molecule has 1 saturated heterocycles. The lowest BCUT2D eigenvalue weighted by Gasteiger charge is -2.34. The van der Waals surface area contributed by atoms with Crippen molar-refractivity contribution >= 4 is 15.9 Å². The SMILES string of the molecule is CCCN(CCBr)CC1CCC2(CCCCC2)O1. The second kappa shape index (κ2) is 7.25. The van der Waals surface area contributed by atoms with Crippen molar-refractivity contribution in [1.82, 2.24) is 4.90 Å². The topological polar surface area (TPSA) is 12.5 Å². The monoisotopic (exact) mass is 317 g/mol. The van der Waals surface area contributed by atoms with Crippen molar-refractivity contribution in [3.05, 3.63) is 0 Å². The largest absolute Gasteiger partial charge is 0.370 e. The second-order valence-electron chi connectivity index (χ2n) is 6.01. The van der Waals surface area contributed by atoms with Crippen LogP contribution in [0.4, 0.5) is 0 Å². The van der Waals surface area contributed by atoms with Crippen LogP contribution >= 0.6 is 15.9 Å². The maximum absolute atomic E-state index is 6.46. The van der Waals surface area contributed by atoms with Gasteiger partial charge in [-0.2, -0.15) is 0 Å². The highest BCUT2D eigenvalue weighted by molar-refractivity contribution is 9.09. The van der Waals surface area contributed by atoms with Crippen LogP contribution in [0.2, 0.25) is 0 Å². The van der Waals surface area contributed by atoms with Gasteiger partial charge in [-0.15, -0.1) is 0 Å². The highest BCUT2D eigenvalue weighted by atomic mass is 79.9. The van der Waals surface area contributed by atoms with Crippen LogP contribution in [0.5, 0.6) is 0 Å². The first-order valence-electron chi connectivity index (χ1n) is 7.74. The Labute approximate surface area is 121 Å². The van der Waals surface area contributed by atoms with Gasteiger partial charge < -0.3 is 4.74 Å². The fraction of sp³-hybridized carbons (Fsp3) is 1.00. The highest BCUT2D eigenvalue weighted by Gasteiger charge is 2.40. The summed E-state index contributed by atoms with van der Waals surface area (Å²) in [5.74, 6) is 0. The smallest absolute Gasteiger partial charge is 0.0710 e. The van der Waals surface area contributed by atoms with Gasteiger partial charge in [0.2, 0.25) is 0 Å². The van der Waals surface area contributed by atoms with E-state index in [1.54, 1.807) is 0 Å². The van der Waals surface area contributed by atoms with E-state index in [-0.39, 0.29) is 5.60 Å². The summed E-state index contributed by atoms with van der Waals surface area (Å²) < 4.78 is 6.46. The van der Waals surface area contributed by atoms with Gasteiger partial charge in [-0.25, -0.2) is 0 Å². The van der Waals surface area contributed by atoms with Crippen molar-refractivity contribution < 1.29 is 4.74 Å². The van der Waals surface area contributed by atoms with Crippen molar-refractivity contribution in [1.29, 1.82) is 0 Å². The van der Waals surface area contributed by atoms with Crippen LogP contribution in [0.25, 0.3) is 0 Å². The quantitative estimate of drug-likeness (QED) is 0.687. The van der Waals surface area contributed by atoms with E-state index in [0.29, 0.717) is 6.10 Å². The predicted molar refractivity (Wildman–Crippen MR) is 80.4 cm³/mol. The maximum Gasteiger partial charge on any atom is 0.0710 e. The fourth-order valence-corrected chi connectivity index (χ4v) is 4.11. The molecule has 1 spiro atoms. The molecule has 1 unspecified atom stereocenters. The maximum atomic E-state index is 6.46. The predicted octanol–water partition coefficient (Wildman–Crippen LogP) is 3.98. The normalized spacial score (nSPS) is 27.2. The van der Waals surface area contributed by atoms with Crippen LogP contribution in [0.3, 0.4) is 0 Å². The molecular formula is C15H28BrNO. The summed E-state index contributed by atoms with van der Waals surface area (Å²) in [6, 6.07) is 0. The first kappa shape index (κ1) is 14.8. The Balaban J connectivity index is 1.80. The van der Waals surface area contributed by atoms with E-state index < -0.39 is 0 Å². The number of rotatable bonds is 6. The first-order chi connectivity index (χ1) is 8.78. The van der Waals surface area contributed by atoms with Crippen molar-refractivity contribution in [2.45, 2.75) is 70.0 Å². The second-order valence-corrected chi connectivity index (χ2v) is 6.80. The molecule has 1 aliphatic heterocycles. The Morgan fingerprint density at radius 2 is 1.94 bits per heavy atom. The third-order valence-electron chi connectivity index (χ3n) is 4.51. The number of alkyl halides is 1. The lowest BCUT2D eigenvalue weighted by molar-refractivity contribution is -0.0713. The molecule has 2 aliphatic rings. The van der Waals surface area contributed by atoms with E-state index in [2.05, 4.69) is 27.8 Å². The van der Waals surface area contributed by atoms with Gasteiger partial charge >= 0.3 is 0 Å². The summed E-state index contributed by atoms with van der Waals surface area (Å²) in [5.41, 5.74) is 0.287. The zero-order valence-electron chi connectivity index (χ0n) is 11.8. The average Bonchev–Trinajstić information content (AvgIpc) is 2.74. The zero-order chi connectivity index (χ0) is 12.8. The Bertz CT molecular complexity index is 235. The molecule has 18 heavy (non-hydrogen) atoms. The van der Waals surface area contributed by atoms with E-state index >= 15 is 0 Å². The molecular weight excluding hydrogens is 290 g/mol. The third-order valence-corrected chi connectivity index (χ3v) is 4.86. The molecule has 106 valence electrons. The molecule has 0 radical (unpaired) electrons. The van der Waals surface area contributed by atoms with Crippen molar-refractivity contribution in [3.8, 4) is 0 Å². The van der Waals surface area contributed by atoms with Gasteiger partial charge in [0.25, 0.3) is 0 Å². The van der Waals surface area contributed by atoms with E-state index in [1.807, 2.05) is 0 Å². The molecule has 2 nitrogen and oxygen atoms in total. The van der Waals surface area contributed by atoms with Gasteiger partial charge in [0.1, 0.15) is 0 Å². The van der Waals surface area contributed by atoms with E-state index in [0.717, 1.165) is 18.4 Å². The minimum absolute atomic E-state index is 0.287. The standard InChI is InChI=1S/C15H28BrNO/c1-2-11-17(12-10-16)13-14-6-9-15(18-14)7-4-3-5-8-15/h14H,2-13H2,1H3. The van der Waals surface area contributed by atoms with Crippen LogP contribution in [0.15, 0.2) is 0 Å². The average molecular weight is 318 g/mol. The molecule has 2 rings (SSSR count). The zero-order valence-corrected chi connectivity index (χ0v) is 13.4. The van der Waals surface area contributed by atoms with Crippen molar-refractivity contribution in [3.63, 3.8) is 0 Å². The number of hydrogen-bond donors (Lipinski definition) is 0. The van der Waals surface area contributed by atoms with Crippen molar-refractivity contribution in [2.75, 3.05) is 25.0 Å². The van der Waals surface area contributed by atoms with E-state index in [9.17, 15) is 0 Å². The van der Waals surface area contributed by atoms with Crippen molar-refractivity contribution in [2.24, 2.45) is 0 Å². The van der Waals surface area contributed by atoms with Crippen LogP contribution in [0, 0.1) is 0 Å². The third kappa shape index (κ3) is 3.94. The van der Waals surface area contributed by atoms with E-state index in [4.69, 9.17) is 4.74 Å². The number of ether oxygens (including phenoxy) is 1. The lowest BCUT2D eigenvalue weighted by atomic mass is 9.83. The number of halogens is 1. The molecule has 0 aromatic rings. The van der Waals surface area contributed by atoms with Gasteiger partial charge in [0, 0.05) is 18.4 Å². The van der Waals surface area contributed by atoms with Crippen LogP contribution in [-0.4, -0.2) is 41.6 Å². The molecule has 1 aliphatic carbocycles. The van der Waals surface area contributed by atoms with Gasteiger partial charge in [-0.1, -0.05) is 42.1 Å². The number of nitrogens with zero attached hydrogens (tertiary/aromatic N) is 1. The van der Waals surface area contributed by atoms with Crippen LogP contribution < -0.4 is 0 Å².